The lowest BCUT2D eigenvalue weighted by Crippen LogP contribution is -2.30. The van der Waals surface area contributed by atoms with Crippen LogP contribution in [-0.4, -0.2) is 37.2 Å². The molecule has 6 heteroatoms. The summed E-state index contributed by atoms with van der Waals surface area (Å²) in [6, 6.07) is 0. The lowest BCUT2D eigenvalue weighted by atomic mass is 9.99. The zero-order chi connectivity index (χ0) is 38.9. The number of ether oxygens (including phenoxy) is 3. The molecule has 6 nitrogen and oxygen atoms in total. The Morgan fingerprint density at radius 2 is 0.660 bits per heavy atom. The normalized spacial score (nSPS) is 12.5. The van der Waals surface area contributed by atoms with E-state index < -0.39 is 6.10 Å². The van der Waals surface area contributed by atoms with Gasteiger partial charge in [-0.2, -0.15) is 0 Å². The third-order valence-electron chi connectivity index (χ3n) is 10.9. The van der Waals surface area contributed by atoms with Crippen LogP contribution in [0.25, 0.3) is 0 Å². The van der Waals surface area contributed by atoms with Crippen LogP contribution in [0.15, 0.2) is 0 Å². The van der Waals surface area contributed by atoms with Gasteiger partial charge in [-0.1, -0.05) is 220 Å². The molecule has 0 aromatic carbocycles. The molecule has 0 fully saturated rings. The van der Waals surface area contributed by atoms with Crippen LogP contribution in [0.4, 0.5) is 0 Å². The van der Waals surface area contributed by atoms with Crippen molar-refractivity contribution >= 4 is 17.9 Å². The van der Waals surface area contributed by atoms with Gasteiger partial charge in [0, 0.05) is 19.3 Å². The highest BCUT2D eigenvalue weighted by Gasteiger charge is 2.19. The summed E-state index contributed by atoms with van der Waals surface area (Å²) in [5, 5.41) is 0. The lowest BCUT2D eigenvalue weighted by Gasteiger charge is -2.18. The molecule has 0 N–H and O–H groups in total. The molecule has 2 atom stereocenters. The monoisotopic (exact) mass is 751 g/mol. The molecule has 0 heterocycles. The van der Waals surface area contributed by atoms with Crippen LogP contribution in [0.3, 0.4) is 0 Å². The number of esters is 3. The molecule has 0 rings (SSSR count). The predicted molar refractivity (Wildman–Crippen MR) is 224 cm³/mol. The summed E-state index contributed by atoms with van der Waals surface area (Å²) in [6.07, 6.45) is 40.8. The summed E-state index contributed by atoms with van der Waals surface area (Å²) >= 11 is 0. The average molecular weight is 751 g/mol. The fraction of sp³-hybridized carbons (Fsp3) is 0.936. The molecule has 0 amide bonds. The minimum absolute atomic E-state index is 0.0638. The summed E-state index contributed by atoms with van der Waals surface area (Å²) in [4.78, 5) is 37.7. The number of rotatable bonds is 42. The Morgan fingerprint density at radius 3 is 0.981 bits per heavy atom. The number of unbranched alkanes of at least 4 members (excludes halogenated alkanes) is 28. The van der Waals surface area contributed by atoms with Crippen LogP contribution in [0.5, 0.6) is 0 Å². The van der Waals surface area contributed by atoms with E-state index >= 15 is 0 Å². The Labute approximate surface area is 329 Å². The zero-order valence-corrected chi connectivity index (χ0v) is 36.0. The largest absolute Gasteiger partial charge is 0.462 e. The Kier molecular flexibility index (Phi) is 40.3. The van der Waals surface area contributed by atoms with E-state index in [0.29, 0.717) is 19.3 Å². The first kappa shape index (κ1) is 51.4. The Morgan fingerprint density at radius 1 is 0.377 bits per heavy atom. The molecule has 0 spiro atoms. The topological polar surface area (TPSA) is 78.9 Å². The number of hydrogen-bond acceptors (Lipinski definition) is 6. The summed E-state index contributed by atoms with van der Waals surface area (Å²) in [6.45, 7) is 8.99. The van der Waals surface area contributed by atoms with Crippen molar-refractivity contribution < 1.29 is 28.6 Å². The van der Waals surface area contributed by atoms with Gasteiger partial charge < -0.3 is 14.2 Å². The van der Waals surface area contributed by atoms with Crippen LogP contribution in [0.2, 0.25) is 0 Å². The van der Waals surface area contributed by atoms with Crippen molar-refractivity contribution in [2.24, 2.45) is 5.92 Å². The van der Waals surface area contributed by atoms with Crippen LogP contribution in [0, 0.1) is 5.92 Å². The SMILES string of the molecule is CCCCCCCCCCCCCCCC(=O)OC[C@@H](COC(=O)CCCCCCCCCCC(C)CC)OC(=O)CCCCCCCCCCCC. The molecule has 0 aliphatic rings. The van der Waals surface area contributed by atoms with E-state index in [1.807, 2.05) is 0 Å². The standard InChI is InChI=1S/C47H90O6/c1-5-8-10-12-14-16-18-19-20-22-26-30-34-38-45(48)51-41-44(53-47(50)40-36-32-28-21-17-15-13-11-9-6-2)42-52-46(49)39-35-31-27-24-23-25-29-33-37-43(4)7-3/h43-44H,5-42H2,1-4H3/t43?,44-/m0/s1. The van der Waals surface area contributed by atoms with Crippen molar-refractivity contribution in [1.29, 1.82) is 0 Å². The van der Waals surface area contributed by atoms with Gasteiger partial charge in [0.15, 0.2) is 6.10 Å². The molecular formula is C47H90O6. The fourth-order valence-corrected chi connectivity index (χ4v) is 6.95. The summed E-state index contributed by atoms with van der Waals surface area (Å²) in [7, 11) is 0. The second-order valence-electron chi connectivity index (χ2n) is 16.3. The first-order valence-electron chi connectivity index (χ1n) is 23.4. The van der Waals surface area contributed by atoms with Gasteiger partial charge in [-0.05, 0) is 25.2 Å². The van der Waals surface area contributed by atoms with E-state index in [1.54, 1.807) is 0 Å². The van der Waals surface area contributed by atoms with Gasteiger partial charge in [-0.3, -0.25) is 14.4 Å². The maximum atomic E-state index is 12.7. The fourth-order valence-electron chi connectivity index (χ4n) is 6.95. The van der Waals surface area contributed by atoms with Crippen LogP contribution in [0.1, 0.15) is 259 Å². The zero-order valence-electron chi connectivity index (χ0n) is 36.0. The van der Waals surface area contributed by atoms with Gasteiger partial charge in [-0.15, -0.1) is 0 Å². The number of carbonyl (C=O) groups is 3. The minimum Gasteiger partial charge on any atom is -0.462 e. The summed E-state index contributed by atoms with van der Waals surface area (Å²) in [5.74, 6) is -0.00644. The van der Waals surface area contributed by atoms with Crippen molar-refractivity contribution in [3.63, 3.8) is 0 Å². The number of carbonyl (C=O) groups excluding carboxylic acids is 3. The highest BCUT2D eigenvalue weighted by molar-refractivity contribution is 5.71. The molecule has 0 aromatic heterocycles. The van der Waals surface area contributed by atoms with E-state index in [0.717, 1.165) is 63.7 Å². The van der Waals surface area contributed by atoms with E-state index in [-0.39, 0.29) is 31.1 Å². The first-order valence-corrected chi connectivity index (χ1v) is 23.4. The van der Waals surface area contributed by atoms with Gasteiger partial charge in [0.1, 0.15) is 13.2 Å². The first-order chi connectivity index (χ1) is 25.9. The van der Waals surface area contributed by atoms with E-state index in [9.17, 15) is 14.4 Å². The summed E-state index contributed by atoms with van der Waals surface area (Å²) in [5.41, 5.74) is 0. The molecule has 0 bridgehead atoms. The Hall–Kier alpha value is -1.59. The molecular weight excluding hydrogens is 661 g/mol. The highest BCUT2D eigenvalue weighted by atomic mass is 16.6. The molecule has 0 saturated carbocycles. The number of hydrogen-bond donors (Lipinski definition) is 0. The van der Waals surface area contributed by atoms with Gasteiger partial charge in [-0.25, -0.2) is 0 Å². The lowest BCUT2D eigenvalue weighted by molar-refractivity contribution is -0.167. The van der Waals surface area contributed by atoms with Crippen molar-refractivity contribution in [3.8, 4) is 0 Å². The molecule has 53 heavy (non-hydrogen) atoms. The van der Waals surface area contributed by atoms with Crippen molar-refractivity contribution in [2.75, 3.05) is 13.2 Å². The molecule has 0 radical (unpaired) electrons. The molecule has 314 valence electrons. The van der Waals surface area contributed by atoms with Crippen molar-refractivity contribution in [3.05, 3.63) is 0 Å². The molecule has 0 aromatic rings. The van der Waals surface area contributed by atoms with Crippen LogP contribution < -0.4 is 0 Å². The predicted octanol–water partition coefficient (Wildman–Crippen LogP) is 14.7. The van der Waals surface area contributed by atoms with E-state index in [4.69, 9.17) is 14.2 Å². The molecule has 0 saturated heterocycles. The van der Waals surface area contributed by atoms with Crippen molar-refractivity contribution in [1.82, 2.24) is 0 Å². The second-order valence-corrected chi connectivity index (χ2v) is 16.3. The van der Waals surface area contributed by atoms with Gasteiger partial charge in [0.25, 0.3) is 0 Å². The van der Waals surface area contributed by atoms with Gasteiger partial charge in [0.2, 0.25) is 0 Å². The Bertz CT molecular complexity index is 798. The van der Waals surface area contributed by atoms with Gasteiger partial charge >= 0.3 is 17.9 Å². The van der Waals surface area contributed by atoms with Crippen LogP contribution in [-0.2, 0) is 28.6 Å². The van der Waals surface area contributed by atoms with Crippen LogP contribution >= 0.6 is 0 Å². The smallest absolute Gasteiger partial charge is 0.306 e. The third kappa shape index (κ3) is 39.9. The third-order valence-corrected chi connectivity index (χ3v) is 10.9. The van der Waals surface area contributed by atoms with Crippen molar-refractivity contribution in [2.45, 2.75) is 265 Å². The molecule has 0 aliphatic carbocycles. The highest BCUT2D eigenvalue weighted by Crippen LogP contribution is 2.17. The van der Waals surface area contributed by atoms with E-state index in [1.165, 1.54) is 154 Å². The second kappa shape index (κ2) is 41.6. The molecule has 0 aliphatic heterocycles. The minimum atomic E-state index is -0.759. The van der Waals surface area contributed by atoms with E-state index in [2.05, 4.69) is 27.7 Å². The Balaban J connectivity index is 4.32. The average Bonchev–Trinajstić information content (AvgIpc) is 3.15. The van der Waals surface area contributed by atoms with Gasteiger partial charge in [0.05, 0.1) is 0 Å². The summed E-state index contributed by atoms with van der Waals surface area (Å²) < 4.78 is 16.7. The maximum Gasteiger partial charge on any atom is 0.306 e. The maximum absolute atomic E-state index is 12.7. The quantitative estimate of drug-likeness (QED) is 0.0351. The molecule has 1 unspecified atom stereocenters.